The van der Waals surface area contributed by atoms with Crippen molar-refractivity contribution in [3.8, 4) is 11.1 Å². The first-order valence-corrected chi connectivity index (χ1v) is 11.1. The summed E-state index contributed by atoms with van der Waals surface area (Å²) in [5.74, 6) is 0. The Morgan fingerprint density at radius 3 is 2.68 bits per heavy atom. The molecule has 1 amide bonds. The molecule has 1 N–H and O–H groups in total. The fraction of sp³-hybridized carbons (Fsp3) is 0.400. The monoisotopic (exact) mass is 403 g/mol. The molecule has 2 atom stereocenters. The number of hydrogen-bond acceptors (Lipinski definition) is 5. The Kier molecular flexibility index (Phi) is 6.31. The molecular weight excluding hydrogens is 378 g/mol. The van der Waals surface area contributed by atoms with Crippen LogP contribution in [0.2, 0.25) is 0 Å². The van der Waals surface area contributed by atoms with Gasteiger partial charge in [0.15, 0.2) is 0 Å². The number of aromatic nitrogens is 1. The number of methoxy groups -OCH3 is 1. The number of carbonyl (C=O) groups is 1. The van der Waals surface area contributed by atoms with Gasteiger partial charge in [0, 0.05) is 25.0 Å². The van der Waals surface area contributed by atoms with Gasteiger partial charge in [-0.1, -0.05) is 24.3 Å². The molecule has 1 aromatic carbocycles. The van der Waals surface area contributed by atoms with Gasteiger partial charge < -0.3 is 9.64 Å². The van der Waals surface area contributed by atoms with E-state index in [0.29, 0.717) is 19.4 Å². The lowest BCUT2D eigenvalue weighted by molar-refractivity contribution is 0.0792. The minimum Gasteiger partial charge on any atom is -0.453 e. The van der Waals surface area contributed by atoms with Crippen molar-refractivity contribution in [2.24, 2.45) is 0 Å². The van der Waals surface area contributed by atoms with E-state index >= 15 is 0 Å². The summed E-state index contributed by atoms with van der Waals surface area (Å²) in [6.07, 6.45) is 6.12. The highest BCUT2D eigenvalue weighted by molar-refractivity contribution is 7.88. The second kappa shape index (κ2) is 8.70. The van der Waals surface area contributed by atoms with Gasteiger partial charge in [0.25, 0.3) is 0 Å². The van der Waals surface area contributed by atoms with Gasteiger partial charge in [-0.05, 0) is 48.1 Å². The van der Waals surface area contributed by atoms with Crippen LogP contribution < -0.4 is 4.72 Å². The molecule has 8 heteroatoms. The highest BCUT2D eigenvalue weighted by atomic mass is 32.2. The molecular formula is C20H25N3O4S. The van der Waals surface area contributed by atoms with Crippen LogP contribution in [0.1, 0.15) is 18.4 Å². The Balaban J connectivity index is 1.89. The summed E-state index contributed by atoms with van der Waals surface area (Å²) in [6.45, 7) is 0.545. The van der Waals surface area contributed by atoms with Crippen LogP contribution in [0, 0.1) is 0 Å². The second-order valence-electron chi connectivity index (χ2n) is 7.01. The molecule has 3 rings (SSSR count). The maximum atomic E-state index is 12.3. The third-order valence-corrected chi connectivity index (χ3v) is 5.67. The van der Waals surface area contributed by atoms with Crippen molar-refractivity contribution in [2.45, 2.75) is 31.3 Å². The first-order chi connectivity index (χ1) is 13.4. The molecule has 1 aliphatic heterocycles. The van der Waals surface area contributed by atoms with Crippen LogP contribution in [0.4, 0.5) is 4.79 Å². The van der Waals surface area contributed by atoms with Crippen LogP contribution in [-0.4, -0.2) is 56.4 Å². The third kappa shape index (κ3) is 5.08. The Morgan fingerprint density at radius 1 is 1.25 bits per heavy atom. The fourth-order valence-electron chi connectivity index (χ4n) is 3.73. The minimum atomic E-state index is -3.39. The zero-order valence-electron chi connectivity index (χ0n) is 16.0. The summed E-state index contributed by atoms with van der Waals surface area (Å²) in [6, 6.07) is 11.3. The van der Waals surface area contributed by atoms with Crippen molar-refractivity contribution in [1.29, 1.82) is 0 Å². The van der Waals surface area contributed by atoms with Gasteiger partial charge in [-0.15, -0.1) is 0 Å². The van der Waals surface area contributed by atoms with E-state index < -0.39 is 16.1 Å². The van der Waals surface area contributed by atoms with Gasteiger partial charge in [-0.25, -0.2) is 17.9 Å². The van der Waals surface area contributed by atoms with E-state index in [0.717, 1.165) is 29.4 Å². The molecule has 0 radical (unpaired) electrons. The normalized spacial score (nSPS) is 20.0. The van der Waals surface area contributed by atoms with Gasteiger partial charge >= 0.3 is 6.09 Å². The fourth-order valence-corrected chi connectivity index (χ4v) is 4.55. The van der Waals surface area contributed by atoms with Gasteiger partial charge in [0.2, 0.25) is 10.0 Å². The van der Waals surface area contributed by atoms with E-state index in [1.54, 1.807) is 17.3 Å². The molecule has 0 aliphatic carbocycles. The van der Waals surface area contributed by atoms with Crippen LogP contribution in [-0.2, 0) is 21.2 Å². The summed E-state index contributed by atoms with van der Waals surface area (Å²) in [7, 11) is -2.05. The number of rotatable bonds is 5. The molecule has 2 heterocycles. The van der Waals surface area contributed by atoms with Gasteiger partial charge in [-0.2, -0.15) is 0 Å². The second-order valence-corrected chi connectivity index (χ2v) is 8.79. The molecule has 1 fully saturated rings. The Bertz CT molecular complexity index is 918. The topological polar surface area (TPSA) is 88.6 Å². The quantitative estimate of drug-likeness (QED) is 0.828. The molecule has 1 aromatic heterocycles. The number of nitrogens with zero attached hydrogens (tertiary/aromatic N) is 2. The summed E-state index contributed by atoms with van der Waals surface area (Å²) in [4.78, 5) is 18.0. The maximum Gasteiger partial charge on any atom is 0.409 e. The number of carbonyl (C=O) groups excluding carboxylic acids is 1. The van der Waals surface area contributed by atoms with Crippen LogP contribution in [0.3, 0.4) is 0 Å². The Morgan fingerprint density at radius 2 is 2.00 bits per heavy atom. The molecule has 0 bridgehead atoms. The summed E-state index contributed by atoms with van der Waals surface area (Å²) < 4.78 is 31.3. The van der Waals surface area contributed by atoms with Crippen molar-refractivity contribution in [1.82, 2.24) is 14.6 Å². The van der Waals surface area contributed by atoms with E-state index in [-0.39, 0.29) is 12.1 Å². The molecule has 0 saturated carbocycles. The van der Waals surface area contributed by atoms with Crippen molar-refractivity contribution < 1.29 is 17.9 Å². The van der Waals surface area contributed by atoms with Crippen molar-refractivity contribution in [3.05, 3.63) is 54.4 Å². The number of piperidine rings is 1. The van der Waals surface area contributed by atoms with Crippen LogP contribution in [0.15, 0.2) is 48.8 Å². The summed E-state index contributed by atoms with van der Waals surface area (Å²) in [5, 5.41) is 0. The first kappa shape index (κ1) is 20.3. The number of ether oxygens (including phenoxy) is 1. The standard InChI is InChI=1S/C20H25N3O4S/c1-27-20(24)23-12-4-7-18(22-28(2,25)26)19(23)14-15-5-3-6-17(13-15)16-8-10-21-11-9-16/h3,5-6,8-11,13,18-19,22H,4,7,12,14H2,1-2H3. The zero-order chi connectivity index (χ0) is 20.1. The van der Waals surface area contributed by atoms with E-state index in [1.165, 1.54) is 7.11 Å². The smallest absolute Gasteiger partial charge is 0.409 e. The van der Waals surface area contributed by atoms with Crippen molar-refractivity contribution >= 4 is 16.1 Å². The average Bonchev–Trinajstić information content (AvgIpc) is 2.68. The van der Waals surface area contributed by atoms with E-state index in [9.17, 15) is 13.2 Å². The van der Waals surface area contributed by atoms with E-state index in [4.69, 9.17) is 4.74 Å². The van der Waals surface area contributed by atoms with Crippen LogP contribution >= 0.6 is 0 Å². The average molecular weight is 404 g/mol. The van der Waals surface area contributed by atoms with Crippen LogP contribution in [0.25, 0.3) is 11.1 Å². The molecule has 2 unspecified atom stereocenters. The number of nitrogens with one attached hydrogen (secondary N) is 1. The number of benzene rings is 1. The Hall–Kier alpha value is -2.45. The summed E-state index contributed by atoms with van der Waals surface area (Å²) >= 11 is 0. The number of likely N-dealkylation sites (tertiary alicyclic amines) is 1. The molecule has 1 aliphatic rings. The molecule has 0 spiro atoms. The van der Waals surface area contributed by atoms with Crippen molar-refractivity contribution in [3.63, 3.8) is 0 Å². The van der Waals surface area contributed by atoms with Crippen LogP contribution in [0.5, 0.6) is 0 Å². The van der Waals surface area contributed by atoms with E-state index in [2.05, 4.69) is 15.8 Å². The lowest BCUT2D eigenvalue weighted by atomic mass is 9.91. The highest BCUT2D eigenvalue weighted by Crippen LogP contribution is 2.25. The molecule has 28 heavy (non-hydrogen) atoms. The highest BCUT2D eigenvalue weighted by Gasteiger charge is 2.36. The van der Waals surface area contributed by atoms with Crippen molar-refractivity contribution in [2.75, 3.05) is 19.9 Å². The molecule has 150 valence electrons. The molecule has 2 aromatic rings. The predicted octanol–water partition coefficient (Wildman–Crippen LogP) is 2.44. The number of hydrogen-bond donors (Lipinski definition) is 1. The first-order valence-electron chi connectivity index (χ1n) is 9.18. The third-order valence-electron chi connectivity index (χ3n) is 4.94. The van der Waals surface area contributed by atoms with Gasteiger partial charge in [-0.3, -0.25) is 4.98 Å². The lowest BCUT2D eigenvalue weighted by Crippen LogP contribution is -2.57. The molecule has 7 nitrogen and oxygen atoms in total. The number of amides is 1. The number of sulfonamides is 1. The van der Waals surface area contributed by atoms with Gasteiger partial charge in [0.1, 0.15) is 0 Å². The lowest BCUT2D eigenvalue weighted by Gasteiger charge is -2.40. The maximum absolute atomic E-state index is 12.3. The minimum absolute atomic E-state index is 0.316. The zero-order valence-corrected chi connectivity index (χ0v) is 16.9. The largest absolute Gasteiger partial charge is 0.453 e. The van der Waals surface area contributed by atoms with E-state index in [1.807, 2.05) is 30.3 Å². The molecule has 1 saturated heterocycles. The SMILES string of the molecule is COC(=O)N1CCCC(NS(C)(=O)=O)C1Cc1cccc(-c2ccncc2)c1. The summed E-state index contributed by atoms with van der Waals surface area (Å²) in [5.41, 5.74) is 3.12. The van der Waals surface area contributed by atoms with Gasteiger partial charge in [0.05, 0.1) is 19.4 Å². The number of pyridine rings is 1. The predicted molar refractivity (Wildman–Crippen MR) is 107 cm³/mol. The Labute approximate surface area is 165 Å².